The maximum absolute atomic E-state index is 11.3. The molecule has 2 aromatic heterocycles. The third-order valence-electron chi connectivity index (χ3n) is 4.33. The van der Waals surface area contributed by atoms with Crippen LogP contribution >= 0.6 is 0 Å². The fourth-order valence-corrected chi connectivity index (χ4v) is 3.14. The first kappa shape index (κ1) is 14.6. The van der Waals surface area contributed by atoms with E-state index in [0.717, 1.165) is 42.6 Å². The van der Waals surface area contributed by atoms with Crippen LogP contribution in [0, 0.1) is 12.8 Å². The van der Waals surface area contributed by atoms with Gasteiger partial charge in [-0.25, -0.2) is 0 Å². The van der Waals surface area contributed by atoms with Crippen LogP contribution in [0.4, 0.5) is 5.69 Å². The Labute approximate surface area is 129 Å². The molecule has 22 heavy (non-hydrogen) atoms. The number of rotatable bonds is 3. The van der Waals surface area contributed by atoms with Crippen molar-refractivity contribution in [1.29, 1.82) is 0 Å². The molecule has 6 nitrogen and oxygen atoms in total. The van der Waals surface area contributed by atoms with E-state index in [4.69, 9.17) is 5.73 Å². The van der Waals surface area contributed by atoms with Crippen LogP contribution in [0.1, 0.15) is 18.4 Å². The summed E-state index contributed by atoms with van der Waals surface area (Å²) in [6.07, 6.45) is 9.24. The number of aryl methyl sites for hydroxylation is 2. The van der Waals surface area contributed by atoms with Crippen LogP contribution in [0.2, 0.25) is 0 Å². The van der Waals surface area contributed by atoms with Gasteiger partial charge in [-0.15, -0.1) is 0 Å². The largest absolute Gasteiger partial charge is 0.371 e. The Morgan fingerprint density at radius 3 is 2.59 bits per heavy atom. The average molecular weight is 299 g/mol. The second-order valence-electron chi connectivity index (χ2n) is 5.92. The highest BCUT2D eigenvalue weighted by molar-refractivity contribution is 5.80. The normalized spacial score (nSPS) is 16.0. The van der Waals surface area contributed by atoms with Crippen molar-refractivity contribution in [2.75, 3.05) is 18.0 Å². The summed E-state index contributed by atoms with van der Waals surface area (Å²) in [6.45, 7) is 3.75. The number of primary amides is 1. The Morgan fingerprint density at radius 2 is 2.00 bits per heavy atom. The highest BCUT2D eigenvalue weighted by Crippen LogP contribution is 2.35. The maximum Gasteiger partial charge on any atom is 0.220 e. The van der Waals surface area contributed by atoms with Gasteiger partial charge in [-0.05, 0) is 25.3 Å². The van der Waals surface area contributed by atoms with E-state index in [1.807, 2.05) is 31.8 Å². The molecule has 0 unspecified atom stereocenters. The number of aromatic nitrogens is 3. The number of carbonyl (C=O) groups excluding carboxylic acids is 1. The first-order valence-electron chi connectivity index (χ1n) is 7.54. The molecule has 3 rings (SSSR count). The Morgan fingerprint density at radius 1 is 1.27 bits per heavy atom. The number of nitrogens with two attached hydrogens (primary N) is 1. The molecule has 0 aromatic carbocycles. The van der Waals surface area contributed by atoms with Crippen molar-refractivity contribution in [1.82, 2.24) is 14.8 Å². The summed E-state index contributed by atoms with van der Waals surface area (Å²) in [5.41, 5.74) is 9.90. The second-order valence-corrected chi connectivity index (χ2v) is 5.92. The Bertz CT molecular complexity index is 686. The van der Waals surface area contributed by atoms with E-state index < -0.39 is 0 Å². The summed E-state index contributed by atoms with van der Waals surface area (Å²) in [4.78, 5) is 18.0. The second kappa shape index (κ2) is 5.79. The smallest absolute Gasteiger partial charge is 0.220 e. The minimum Gasteiger partial charge on any atom is -0.371 e. The van der Waals surface area contributed by atoms with E-state index in [9.17, 15) is 4.79 Å². The van der Waals surface area contributed by atoms with Gasteiger partial charge in [-0.1, -0.05) is 0 Å². The van der Waals surface area contributed by atoms with Crippen LogP contribution in [-0.4, -0.2) is 33.8 Å². The molecule has 1 amide bonds. The van der Waals surface area contributed by atoms with E-state index in [0.29, 0.717) is 0 Å². The number of carbonyl (C=O) groups is 1. The molecular formula is C16H21N5O. The zero-order chi connectivity index (χ0) is 15.7. The summed E-state index contributed by atoms with van der Waals surface area (Å²) in [7, 11) is 1.91. The van der Waals surface area contributed by atoms with Gasteiger partial charge < -0.3 is 10.6 Å². The van der Waals surface area contributed by atoms with E-state index in [1.54, 1.807) is 4.68 Å². The number of piperidine rings is 1. The topological polar surface area (TPSA) is 77.0 Å². The highest BCUT2D eigenvalue weighted by atomic mass is 16.1. The summed E-state index contributed by atoms with van der Waals surface area (Å²) < 4.78 is 1.79. The molecule has 0 radical (unpaired) electrons. The van der Waals surface area contributed by atoms with Crippen molar-refractivity contribution in [3.8, 4) is 11.1 Å². The van der Waals surface area contributed by atoms with E-state index in [2.05, 4.69) is 21.9 Å². The molecule has 2 N–H and O–H groups in total. The summed E-state index contributed by atoms with van der Waals surface area (Å²) in [5.74, 6) is -0.182. The van der Waals surface area contributed by atoms with Crippen molar-refractivity contribution in [2.45, 2.75) is 19.8 Å². The van der Waals surface area contributed by atoms with Crippen molar-refractivity contribution in [3.63, 3.8) is 0 Å². The molecule has 0 saturated carbocycles. The van der Waals surface area contributed by atoms with Crippen LogP contribution in [-0.2, 0) is 11.8 Å². The van der Waals surface area contributed by atoms with Gasteiger partial charge in [0.25, 0.3) is 0 Å². The maximum atomic E-state index is 11.3. The monoisotopic (exact) mass is 299 g/mol. The molecule has 1 saturated heterocycles. The van der Waals surface area contributed by atoms with Crippen molar-refractivity contribution >= 4 is 11.6 Å². The number of hydrogen-bond donors (Lipinski definition) is 1. The van der Waals surface area contributed by atoms with Gasteiger partial charge >= 0.3 is 0 Å². The minimum atomic E-state index is -0.182. The zero-order valence-corrected chi connectivity index (χ0v) is 13.0. The lowest BCUT2D eigenvalue weighted by atomic mass is 9.94. The van der Waals surface area contributed by atoms with Crippen LogP contribution < -0.4 is 10.6 Å². The quantitative estimate of drug-likeness (QED) is 0.931. The molecule has 0 atom stereocenters. The lowest BCUT2D eigenvalue weighted by Gasteiger charge is -2.34. The van der Waals surface area contributed by atoms with Crippen LogP contribution in [0.3, 0.4) is 0 Å². The molecule has 1 fully saturated rings. The molecule has 1 aliphatic rings. The molecule has 0 spiro atoms. The predicted octanol–water partition coefficient (Wildman–Crippen LogP) is 1.49. The summed E-state index contributed by atoms with van der Waals surface area (Å²) >= 11 is 0. The number of pyridine rings is 1. The number of hydrogen-bond acceptors (Lipinski definition) is 4. The van der Waals surface area contributed by atoms with Gasteiger partial charge in [-0.2, -0.15) is 5.10 Å². The fourth-order valence-electron chi connectivity index (χ4n) is 3.14. The van der Waals surface area contributed by atoms with Crippen molar-refractivity contribution in [3.05, 3.63) is 30.4 Å². The van der Waals surface area contributed by atoms with Crippen LogP contribution in [0.25, 0.3) is 11.1 Å². The predicted molar refractivity (Wildman–Crippen MR) is 85.3 cm³/mol. The Hall–Kier alpha value is -2.37. The summed E-state index contributed by atoms with van der Waals surface area (Å²) in [6, 6.07) is 0. The van der Waals surface area contributed by atoms with Gasteiger partial charge in [0.15, 0.2) is 0 Å². The van der Waals surface area contributed by atoms with E-state index in [1.165, 1.54) is 5.69 Å². The van der Waals surface area contributed by atoms with Gasteiger partial charge in [0.2, 0.25) is 5.91 Å². The van der Waals surface area contributed by atoms with Crippen molar-refractivity contribution < 1.29 is 4.79 Å². The molecular weight excluding hydrogens is 278 g/mol. The minimum absolute atomic E-state index is 0.000218. The third-order valence-corrected chi connectivity index (χ3v) is 4.33. The number of nitrogens with zero attached hydrogens (tertiary/aromatic N) is 4. The van der Waals surface area contributed by atoms with E-state index in [-0.39, 0.29) is 11.8 Å². The number of amides is 1. The molecule has 0 bridgehead atoms. The third kappa shape index (κ3) is 2.68. The number of anilines is 1. The van der Waals surface area contributed by atoms with E-state index >= 15 is 0 Å². The zero-order valence-electron chi connectivity index (χ0n) is 13.0. The lowest BCUT2D eigenvalue weighted by Crippen LogP contribution is -2.39. The molecule has 2 aromatic rings. The first-order chi connectivity index (χ1) is 10.6. The molecule has 0 aliphatic carbocycles. The Kier molecular flexibility index (Phi) is 3.83. The van der Waals surface area contributed by atoms with Crippen LogP contribution in [0.5, 0.6) is 0 Å². The van der Waals surface area contributed by atoms with Gasteiger partial charge in [0.1, 0.15) is 0 Å². The summed E-state index contributed by atoms with van der Waals surface area (Å²) in [5, 5.41) is 4.25. The van der Waals surface area contributed by atoms with Crippen molar-refractivity contribution in [2.24, 2.45) is 18.7 Å². The molecule has 3 heterocycles. The molecule has 1 aliphatic heterocycles. The van der Waals surface area contributed by atoms with Crippen LogP contribution in [0.15, 0.2) is 24.8 Å². The van der Waals surface area contributed by atoms with Gasteiger partial charge in [0, 0.05) is 55.8 Å². The highest BCUT2D eigenvalue weighted by Gasteiger charge is 2.25. The van der Waals surface area contributed by atoms with Gasteiger partial charge in [0.05, 0.1) is 11.9 Å². The fraction of sp³-hybridized carbons (Fsp3) is 0.438. The Balaban J connectivity index is 1.92. The lowest BCUT2D eigenvalue weighted by molar-refractivity contribution is -0.122. The van der Waals surface area contributed by atoms with Gasteiger partial charge in [-0.3, -0.25) is 14.5 Å². The first-order valence-corrected chi connectivity index (χ1v) is 7.54. The average Bonchev–Trinajstić information content (AvgIpc) is 2.93. The standard InChI is InChI=1S/C16H21N5O/c1-11-7-18-9-14(13-8-19-20(2)10-13)15(11)21-5-3-12(4-6-21)16(17)22/h7-10,12H,3-6H2,1-2H3,(H2,17,22). The SMILES string of the molecule is Cc1cncc(-c2cnn(C)c2)c1N1CCC(C(N)=O)CC1. The molecule has 6 heteroatoms. The molecule has 116 valence electrons.